The van der Waals surface area contributed by atoms with Crippen LogP contribution >= 0.6 is 0 Å². The van der Waals surface area contributed by atoms with Gasteiger partial charge in [-0.2, -0.15) is 0 Å². The molecule has 0 aromatic carbocycles. The Labute approximate surface area is 90.2 Å². The van der Waals surface area contributed by atoms with Crippen molar-refractivity contribution in [1.29, 1.82) is 0 Å². The Morgan fingerprint density at radius 3 is 2.13 bits per heavy atom. The molecular formula is C11H19NO3. The van der Waals surface area contributed by atoms with E-state index in [2.05, 4.69) is 0 Å². The maximum atomic E-state index is 11.4. The van der Waals surface area contributed by atoms with Gasteiger partial charge in [0.05, 0.1) is 5.60 Å². The lowest BCUT2D eigenvalue weighted by Crippen LogP contribution is -2.52. The van der Waals surface area contributed by atoms with Gasteiger partial charge in [0.1, 0.15) is 11.4 Å². The number of carbonyl (C=O) groups is 2. The van der Waals surface area contributed by atoms with Crippen molar-refractivity contribution in [3.8, 4) is 0 Å². The molecule has 86 valence electrons. The topological polar surface area (TPSA) is 69.4 Å². The van der Waals surface area contributed by atoms with Crippen LogP contribution in [0.25, 0.3) is 0 Å². The average molecular weight is 213 g/mol. The van der Waals surface area contributed by atoms with Crippen LogP contribution in [0.4, 0.5) is 0 Å². The number of Topliss-reactive ketones (excluding diaryl/α,β-unsaturated/α-hetero) is 1. The molecule has 1 aliphatic rings. The second-order valence-corrected chi connectivity index (χ2v) is 5.11. The van der Waals surface area contributed by atoms with Crippen LogP contribution in [-0.4, -0.2) is 22.9 Å². The molecule has 0 aliphatic heterocycles. The Morgan fingerprint density at radius 1 is 1.33 bits per heavy atom. The van der Waals surface area contributed by atoms with Crippen molar-refractivity contribution in [2.45, 2.75) is 57.7 Å². The van der Waals surface area contributed by atoms with Crippen LogP contribution in [0.2, 0.25) is 0 Å². The molecule has 1 rings (SSSR count). The summed E-state index contributed by atoms with van der Waals surface area (Å²) in [6.45, 7) is 5.65. The molecular weight excluding hydrogens is 194 g/mol. The monoisotopic (exact) mass is 213 g/mol. The van der Waals surface area contributed by atoms with Gasteiger partial charge in [-0.05, 0) is 33.6 Å². The van der Waals surface area contributed by atoms with Crippen LogP contribution in [0.1, 0.15) is 46.5 Å². The van der Waals surface area contributed by atoms with Gasteiger partial charge in [0.15, 0.2) is 0 Å². The van der Waals surface area contributed by atoms with Gasteiger partial charge in [-0.1, -0.05) is 0 Å². The van der Waals surface area contributed by atoms with E-state index in [-0.39, 0.29) is 5.78 Å². The van der Waals surface area contributed by atoms with Crippen molar-refractivity contribution in [3.63, 3.8) is 0 Å². The Hall–Kier alpha value is -0.900. The Balaban J connectivity index is 2.81. The zero-order valence-corrected chi connectivity index (χ0v) is 9.63. The first-order chi connectivity index (χ1) is 6.75. The minimum atomic E-state index is -0.938. The SMILES string of the molecule is CC(C)(C)OC1(C(N)=O)CCC(=O)CC1. The molecule has 0 heterocycles. The summed E-state index contributed by atoms with van der Waals surface area (Å²) in [5.41, 5.74) is 4.02. The predicted octanol–water partition coefficient (Wildman–Crippen LogP) is 1.17. The second kappa shape index (κ2) is 3.93. The summed E-state index contributed by atoms with van der Waals surface area (Å²) in [5.74, 6) is -0.269. The normalized spacial score (nSPS) is 21.4. The fraction of sp³-hybridized carbons (Fsp3) is 0.818. The molecule has 4 heteroatoms. The van der Waals surface area contributed by atoms with Crippen LogP contribution in [0.15, 0.2) is 0 Å². The van der Waals surface area contributed by atoms with E-state index in [4.69, 9.17) is 10.5 Å². The average Bonchev–Trinajstić information content (AvgIpc) is 2.06. The summed E-state index contributed by atoms with van der Waals surface area (Å²) in [5, 5.41) is 0. The largest absolute Gasteiger partial charge is 0.367 e. The summed E-state index contributed by atoms with van der Waals surface area (Å²) < 4.78 is 5.75. The highest BCUT2D eigenvalue weighted by atomic mass is 16.5. The quantitative estimate of drug-likeness (QED) is 0.748. The number of primary amides is 1. The van der Waals surface area contributed by atoms with Crippen LogP contribution in [-0.2, 0) is 14.3 Å². The molecule has 1 amide bonds. The van der Waals surface area contributed by atoms with Crippen LogP contribution < -0.4 is 5.73 Å². The van der Waals surface area contributed by atoms with Crippen molar-refractivity contribution in [2.75, 3.05) is 0 Å². The van der Waals surface area contributed by atoms with Gasteiger partial charge in [0, 0.05) is 12.8 Å². The van der Waals surface area contributed by atoms with Crippen molar-refractivity contribution >= 4 is 11.7 Å². The third-order valence-corrected chi connectivity index (χ3v) is 2.57. The van der Waals surface area contributed by atoms with Gasteiger partial charge in [-0.3, -0.25) is 9.59 Å². The minimum Gasteiger partial charge on any atom is -0.367 e. The van der Waals surface area contributed by atoms with E-state index < -0.39 is 17.1 Å². The molecule has 1 saturated carbocycles. The molecule has 0 unspecified atom stereocenters. The number of hydrogen-bond donors (Lipinski definition) is 1. The smallest absolute Gasteiger partial charge is 0.249 e. The molecule has 1 aliphatic carbocycles. The summed E-state index contributed by atoms with van der Waals surface area (Å²) in [6, 6.07) is 0. The third-order valence-electron chi connectivity index (χ3n) is 2.57. The van der Waals surface area contributed by atoms with Gasteiger partial charge in [0.25, 0.3) is 0 Å². The number of nitrogens with two attached hydrogens (primary N) is 1. The first kappa shape index (κ1) is 12.2. The van der Waals surface area contributed by atoms with Crippen molar-refractivity contribution in [3.05, 3.63) is 0 Å². The highest BCUT2D eigenvalue weighted by Gasteiger charge is 2.43. The lowest BCUT2D eigenvalue weighted by Gasteiger charge is -2.39. The molecule has 0 bridgehead atoms. The summed E-state index contributed by atoms with van der Waals surface area (Å²) in [6.07, 6.45) is 1.61. The van der Waals surface area contributed by atoms with E-state index in [1.165, 1.54) is 0 Å². The zero-order valence-electron chi connectivity index (χ0n) is 9.63. The Bertz CT molecular complexity index is 268. The second-order valence-electron chi connectivity index (χ2n) is 5.11. The van der Waals surface area contributed by atoms with Gasteiger partial charge >= 0.3 is 0 Å². The van der Waals surface area contributed by atoms with Crippen LogP contribution in [0.3, 0.4) is 0 Å². The van der Waals surface area contributed by atoms with E-state index in [1.807, 2.05) is 20.8 Å². The standard InChI is InChI=1S/C11H19NO3/c1-10(2,3)15-11(9(12)14)6-4-8(13)5-7-11/h4-7H2,1-3H3,(H2,12,14). The van der Waals surface area contributed by atoms with E-state index in [1.54, 1.807) is 0 Å². The van der Waals surface area contributed by atoms with E-state index in [0.717, 1.165) is 0 Å². The predicted molar refractivity (Wildman–Crippen MR) is 56.2 cm³/mol. The van der Waals surface area contributed by atoms with Crippen LogP contribution in [0.5, 0.6) is 0 Å². The van der Waals surface area contributed by atoms with E-state index in [9.17, 15) is 9.59 Å². The molecule has 1 fully saturated rings. The molecule has 0 saturated heterocycles. The highest BCUT2D eigenvalue weighted by molar-refractivity contribution is 5.88. The highest BCUT2D eigenvalue weighted by Crippen LogP contribution is 2.33. The number of amides is 1. The fourth-order valence-corrected chi connectivity index (χ4v) is 1.92. The number of rotatable bonds is 2. The molecule has 0 aromatic rings. The summed E-state index contributed by atoms with van der Waals surface area (Å²) in [7, 11) is 0. The fourth-order valence-electron chi connectivity index (χ4n) is 1.92. The molecule has 0 spiro atoms. The Kier molecular flexibility index (Phi) is 3.19. The van der Waals surface area contributed by atoms with E-state index in [0.29, 0.717) is 25.7 Å². The maximum absolute atomic E-state index is 11.4. The number of ketones is 1. The number of hydrogen-bond acceptors (Lipinski definition) is 3. The van der Waals surface area contributed by atoms with Gasteiger partial charge < -0.3 is 10.5 Å². The Morgan fingerprint density at radius 2 is 1.80 bits per heavy atom. The molecule has 0 atom stereocenters. The van der Waals surface area contributed by atoms with Gasteiger partial charge in [-0.15, -0.1) is 0 Å². The van der Waals surface area contributed by atoms with E-state index >= 15 is 0 Å². The molecule has 0 radical (unpaired) electrons. The first-order valence-electron chi connectivity index (χ1n) is 5.27. The molecule has 15 heavy (non-hydrogen) atoms. The maximum Gasteiger partial charge on any atom is 0.249 e. The van der Waals surface area contributed by atoms with Crippen molar-refractivity contribution < 1.29 is 14.3 Å². The minimum absolute atomic E-state index is 0.185. The molecule has 2 N–H and O–H groups in total. The van der Waals surface area contributed by atoms with Crippen molar-refractivity contribution in [2.24, 2.45) is 5.73 Å². The summed E-state index contributed by atoms with van der Waals surface area (Å²) >= 11 is 0. The molecule has 0 aromatic heterocycles. The first-order valence-corrected chi connectivity index (χ1v) is 5.27. The third kappa shape index (κ3) is 3.02. The van der Waals surface area contributed by atoms with Gasteiger partial charge in [-0.25, -0.2) is 0 Å². The number of carbonyl (C=O) groups excluding carboxylic acids is 2. The number of ether oxygens (including phenoxy) is 1. The van der Waals surface area contributed by atoms with Gasteiger partial charge in [0.2, 0.25) is 5.91 Å². The van der Waals surface area contributed by atoms with Crippen molar-refractivity contribution in [1.82, 2.24) is 0 Å². The zero-order chi connectivity index (χ0) is 11.7. The lowest BCUT2D eigenvalue weighted by molar-refractivity contribution is -0.173. The molecule has 4 nitrogen and oxygen atoms in total. The van der Waals surface area contributed by atoms with Crippen LogP contribution in [0, 0.1) is 0 Å². The lowest BCUT2D eigenvalue weighted by atomic mass is 9.82. The summed E-state index contributed by atoms with van der Waals surface area (Å²) in [4.78, 5) is 22.6.